The zero-order chi connectivity index (χ0) is 30.7. The van der Waals surface area contributed by atoms with Crippen molar-refractivity contribution in [2.24, 2.45) is 0 Å². The van der Waals surface area contributed by atoms with Crippen molar-refractivity contribution < 1.29 is 37.0 Å². The Morgan fingerprint density at radius 1 is 1.23 bits per heavy atom. The number of esters is 1. The van der Waals surface area contributed by atoms with Crippen LogP contribution in [-0.2, 0) is 32.3 Å². The summed E-state index contributed by atoms with van der Waals surface area (Å²) in [7, 11) is 3.28. The first kappa shape index (κ1) is 29.3. The van der Waals surface area contributed by atoms with Crippen LogP contribution in [0.5, 0.6) is 11.5 Å². The zero-order valence-corrected chi connectivity index (χ0v) is 24.4. The number of nitrogens with zero attached hydrogens (tertiary/aromatic N) is 2. The number of hydrogen-bond acceptors (Lipinski definition) is 6. The minimum Gasteiger partial charge on any atom is -0.493 e. The summed E-state index contributed by atoms with van der Waals surface area (Å²) in [6.07, 6.45) is 1.88. The van der Waals surface area contributed by atoms with E-state index in [-0.39, 0.29) is 23.5 Å². The summed E-state index contributed by atoms with van der Waals surface area (Å²) in [6, 6.07) is 8.31. The number of amides is 1. The number of benzene rings is 2. The van der Waals surface area contributed by atoms with Crippen LogP contribution in [0.1, 0.15) is 48.4 Å². The van der Waals surface area contributed by atoms with Crippen molar-refractivity contribution in [1.29, 1.82) is 0 Å². The van der Waals surface area contributed by atoms with E-state index in [2.05, 4.69) is 17.5 Å². The number of carbonyl (C=O) groups excluding carboxylic acids is 2. The van der Waals surface area contributed by atoms with Gasteiger partial charge in [-0.2, -0.15) is 13.2 Å². The van der Waals surface area contributed by atoms with Gasteiger partial charge >= 0.3 is 12.1 Å². The average molecular weight is 597 g/mol. The number of piperidine rings is 1. The molecule has 43 heavy (non-hydrogen) atoms. The average Bonchev–Trinajstić information content (AvgIpc) is 3.32. The van der Waals surface area contributed by atoms with Gasteiger partial charge in [0, 0.05) is 38.7 Å². The molecule has 0 N–H and O–H groups in total. The summed E-state index contributed by atoms with van der Waals surface area (Å²) in [4.78, 5) is 30.3. The summed E-state index contributed by atoms with van der Waals surface area (Å²) in [6.45, 7) is 6.77. The number of rotatable bonds is 7. The number of ether oxygens (including phenoxy) is 3. The van der Waals surface area contributed by atoms with Crippen molar-refractivity contribution in [2.45, 2.75) is 68.0 Å². The van der Waals surface area contributed by atoms with Crippen molar-refractivity contribution in [3.05, 3.63) is 77.4 Å². The minimum atomic E-state index is -4.48. The van der Waals surface area contributed by atoms with Gasteiger partial charge in [0.2, 0.25) is 5.91 Å². The molecule has 1 saturated carbocycles. The lowest BCUT2D eigenvalue weighted by Crippen LogP contribution is -2.79. The van der Waals surface area contributed by atoms with Gasteiger partial charge in [0.25, 0.3) is 0 Å². The van der Waals surface area contributed by atoms with E-state index < -0.39 is 34.9 Å². The highest BCUT2D eigenvalue weighted by Gasteiger charge is 2.75. The second-order valence-corrected chi connectivity index (χ2v) is 11.9. The molecule has 1 spiro atoms. The van der Waals surface area contributed by atoms with Gasteiger partial charge in [-0.1, -0.05) is 24.3 Å². The molecule has 4 aliphatic rings. The fraction of sp³-hybridized carbons (Fsp3) is 0.455. The molecule has 0 unspecified atom stereocenters. The fourth-order valence-electron chi connectivity index (χ4n) is 8.24. The van der Waals surface area contributed by atoms with Crippen LogP contribution in [0.15, 0.2) is 55.1 Å². The first-order valence-electron chi connectivity index (χ1n) is 14.5. The topological polar surface area (TPSA) is 68.3 Å². The van der Waals surface area contributed by atoms with E-state index in [4.69, 9.17) is 14.2 Å². The predicted octanol–water partition coefficient (Wildman–Crippen LogP) is 5.17. The van der Waals surface area contributed by atoms with E-state index in [1.807, 2.05) is 12.1 Å². The van der Waals surface area contributed by atoms with Gasteiger partial charge in [0.1, 0.15) is 11.7 Å². The Kier molecular flexibility index (Phi) is 7.11. The highest BCUT2D eigenvalue weighted by molar-refractivity contribution is 5.92. The smallest absolute Gasteiger partial charge is 0.416 e. The molecule has 2 aromatic carbocycles. The van der Waals surface area contributed by atoms with Gasteiger partial charge in [-0.25, -0.2) is 0 Å². The second-order valence-electron chi connectivity index (χ2n) is 11.9. The number of hydrogen-bond donors (Lipinski definition) is 0. The molecule has 0 radical (unpaired) electrons. The molecule has 2 heterocycles. The molecular weight excluding hydrogens is 561 g/mol. The standard InChI is InChI=1S/C33H35F3N2O5/c1-5-16-38-17-15-31-28-22-10-11-25(41-4)29(28)42-30(31)24(13-14-32(31,26(38)19-22)43-20(2)39)37(3)27(40)12-9-21-7-6-8-23(18-21)33(34,35)36/h5-12,18,24,26,30H,1,13-17,19H2,2-4H3/t24-,26+,30-,31-,32+/m0/s1. The van der Waals surface area contributed by atoms with Crippen LogP contribution >= 0.6 is 0 Å². The highest BCUT2D eigenvalue weighted by atomic mass is 19.4. The Labute approximate surface area is 248 Å². The van der Waals surface area contributed by atoms with Crippen LogP contribution in [0.25, 0.3) is 6.08 Å². The number of likely N-dealkylation sites (N-methyl/N-ethyl adjacent to an activating group) is 1. The van der Waals surface area contributed by atoms with E-state index in [0.29, 0.717) is 43.7 Å². The molecule has 6 rings (SSSR count). The normalized spacial score (nSPS) is 29.0. The van der Waals surface area contributed by atoms with Gasteiger partial charge in [-0.15, -0.1) is 6.58 Å². The van der Waals surface area contributed by atoms with E-state index in [9.17, 15) is 22.8 Å². The molecule has 1 amide bonds. The molecule has 2 aliphatic carbocycles. The maximum atomic E-state index is 13.5. The Balaban J connectivity index is 1.40. The lowest BCUT2D eigenvalue weighted by molar-refractivity contribution is -0.222. The Bertz CT molecular complexity index is 1510. The monoisotopic (exact) mass is 596 g/mol. The summed E-state index contributed by atoms with van der Waals surface area (Å²) in [5.74, 6) is 0.491. The third kappa shape index (κ3) is 4.36. The minimum absolute atomic E-state index is 0.108. The number of likely N-dealkylation sites (tertiary alicyclic amines) is 1. The SMILES string of the molecule is C=CCN1CC[C@]23c4c5ccc(OC)c4O[C@H]2[C@@H](N(C)C(=O)C=Cc2cccc(C(F)(F)F)c2)CC[C@@]3(OC(C)=O)[C@H]1C5. The lowest BCUT2D eigenvalue weighted by atomic mass is 9.48. The maximum absolute atomic E-state index is 13.5. The maximum Gasteiger partial charge on any atom is 0.416 e. The largest absolute Gasteiger partial charge is 0.493 e. The fourth-order valence-corrected chi connectivity index (χ4v) is 8.24. The first-order chi connectivity index (χ1) is 20.5. The molecule has 1 saturated heterocycles. The van der Waals surface area contributed by atoms with E-state index in [1.165, 1.54) is 31.2 Å². The molecule has 10 heteroatoms. The van der Waals surface area contributed by atoms with Crippen LogP contribution in [0.2, 0.25) is 0 Å². The van der Waals surface area contributed by atoms with Crippen molar-refractivity contribution in [2.75, 3.05) is 27.2 Å². The van der Waals surface area contributed by atoms with Crippen molar-refractivity contribution in [3.8, 4) is 11.5 Å². The molecule has 2 aromatic rings. The number of halogens is 3. The molecule has 0 aromatic heterocycles. The molecule has 2 aliphatic heterocycles. The highest BCUT2D eigenvalue weighted by Crippen LogP contribution is 2.67. The molecular formula is C33H35F3N2O5. The van der Waals surface area contributed by atoms with E-state index in [1.54, 1.807) is 19.1 Å². The Morgan fingerprint density at radius 3 is 2.72 bits per heavy atom. The molecule has 2 bridgehead atoms. The Morgan fingerprint density at radius 2 is 2.02 bits per heavy atom. The van der Waals surface area contributed by atoms with Crippen LogP contribution in [-0.4, -0.2) is 72.7 Å². The van der Waals surface area contributed by atoms with Gasteiger partial charge in [-0.3, -0.25) is 14.5 Å². The predicted molar refractivity (Wildman–Crippen MR) is 154 cm³/mol. The van der Waals surface area contributed by atoms with Crippen LogP contribution in [0.4, 0.5) is 13.2 Å². The molecule has 2 fully saturated rings. The molecule has 228 valence electrons. The third-order valence-electron chi connectivity index (χ3n) is 9.87. The van der Waals surface area contributed by atoms with Crippen LogP contribution < -0.4 is 9.47 Å². The number of methoxy groups -OCH3 is 1. The summed E-state index contributed by atoms with van der Waals surface area (Å²) in [5, 5.41) is 0. The number of alkyl halides is 3. The molecule has 5 atom stereocenters. The second kappa shape index (κ2) is 10.4. The van der Waals surface area contributed by atoms with Crippen molar-refractivity contribution in [1.82, 2.24) is 9.80 Å². The van der Waals surface area contributed by atoms with Gasteiger partial charge < -0.3 is 19.1 Å². The molecule has 7 nitrogen and oxygen atoms in total. The van der Waals surface area contributed by atoms with Crippen LogP contribution in [0, 0.1) is 0 Å². The van der Waals surface area contributed by atoms with E-state index in [0.717, 1.165) is 29.8 Å². The number of carbonyl (C=O) groups is 2. The zero-order valence-electron chi connectivity index (χ0n) is 24.4. The third-order valence-corrected chi connectivity index (χ3v) is 9.87. The Hall–Kier alpha value is -3.79. The van der Waals surface area contributed by atoms with Gasteiger partial charge in [-0.05, 0) is 61.1 Å². The quantitative estimate of drug-likeness (QED) is 0.250. The van der Waals surface area contributed by atoms with E-state index >= 15 is 0 Å². The first-order valence-corrected chi connectivity index (χ1v) is 14.5. The lowest BCUT2D eigenvalue weighted by Gasteiger charge is -2.65. The van der Waals surface area contributed by atoms with Crippen molar-refractivity contribution >= 4 is 18.0 Å². The van der Waals surface area contributed by atoms with Crippen molar-refractivity contribution in [3.63, 3.8) is 0 Å². The van der Waals surface area contributed by atoms with Crippen LogP contribution in [0.3, 0.4) is 0 Å². The summed E-state index contributed by atoms with van der Waals surface area (Å²) < 4.78 is 58.6. The summed E-state index contributed by atoms with van der Waals surface area (Å²) in [5.41, 5.74) is -0.00217. The van der Waals surface area contributed by atoms with Gasteiger partial charge in [0.05, 0.1) is 30.2 Å². The summed E-state index contributed by atoms with van der Waals surface area (Å²) >= 11 is 0. The van der Waals surface area contributed by atoms with Gasteiger partial charge in [0.15, 0.2) is 11.5 Å².